The highest BCUT2D eigenvalue weighted by Crippen LogP contribution is 2.18. The van der Waals surface area contributed by atoms with Gasteiger partial charge in [-0.3, -0.25) is 0 Å². The van der Waals surface area contributed by atoms with E-state index in [1.807, 2.05) is 7.11 Å². The van der Waals surface area contributed by atoms with Gasteiger partial charge < -0.3 is 4.74 Å². The number of unbranched alkanes of at least 4 members (excludes halogenated alkanes) is 10. The van der Waals surface area contributed by atoms with Gasteiger partial charge in [-0.1, -0.05) is 77.6 Å². The van der Waals surface area contributed by atoms with Gasteiger partial charge in [0.25, 0.3) is 0 Å². The van der Waals surface area contributed by atoms with Gasteiger partial charge in [0, 0.05) is 7.11 Å². The summed E-state index contributed by atoms with van der Waals surface area (Å²) in [5.41, 5.74) is 0.0826. The molecule has 0 aliphatic carbocycles. The number of hydrogen-bond donors (Lipinski definition) is 0. The van der Waals surface area contributed by atoms with Crippen LogP contribution in [0.4, 0.5) is 0 Å². The van der Waals surface area contributed by atoms with Gasteiger partial charge in [0.15, 0.2) is 0 Å². The first-order valence-electron chi connectivity index (χ1n) is 8.17. The van der Waals surface area contributed by atoms with Crippen LogP contribution in [0.3, 0.4) is 0 Å². The minimum atomic E-state index is 0.0826. The monoisotopic (exact) mass is 256 g/mol. The number of rotatable bonds is 13. The number of ether oxygens (including phenoxy) is 1. The third-order valence-corrected chi connectivity index (χ3v) is 3.93. The molecule has 0 saturated heterocycles. The van der Waals surface area contributed by atoms with E-state index in [2.05, 4.69) is 20.8 Å². The van der Waals surface area contributed by atoms with Gasteiger partial charge in [0.2, 0.25) is 0 Å². The molecule has 0 aromatic carbocycles. The first-order valence-corrected chi connectivity index (χ1v) is 8.17. The standard InChI is InChI=1S/C17H36O/c1-5-6-7-8-9-10-11-12-13-14-15-16-17(2,3)18-4/h5-16H2,1-4H3. The van der Waals surface area contributed by atoms with Crippen molar-refractivity contribution in [2.24, 2.45) is 0 Å². The zero-order valence-corrected chi connectivity index (χ0v) is 13.4. The lowest BCUT2D eigenvalue weighted by molar-refractivity contribution is 0.0134. The largest absolute Gasteiger partial charge is 0.379 e. The Morgan fingerprint density at radius 1 is 0.667 bits per heavy atom. The average Bonchev–Trinajstić information content (AvgIpc) is 2.36. The van der Waals surface area contributed by atoms with Crippen molar-refractivity contribution in [1.29, 1.82) is 0 Å². The van der Waals surface area contributed by atoms with Crippen molar-refractivity contribution in [1.82, 2.24) is 0 Å². The van der Waals surface area contributed by atoms with Crippen molar-refractivity contribution in [2.75, 3.05) is 7.11 Å². The fraction of sp³-hybridized carbons (Fsp3) is 1.00. The van der Waals surface area contributed by atoms with Crippen molar-refractivity contribution in [3.8, 4) is 0 Å². The Kier molecular flexibility index (Phi) is 12.0. The molecule has 0 atom stereocenters. The van der Waals surface area contributed by atoms with Gasteiger partial charge in [0.05, 0.1) is 5.60 Å². The molecule has 0 bridgehead atoms. The van der Waals surface area contributed by atoms with Gasteiger partial charge in [-0.05, 0) is 20.3 Å². The average molecular weight is 256 g/mol. The molecule has 0 N–H and O–H groups in total. The predicted molar refractivity (Wildman–Crippen MR) is 82.2 cm³/mol. The lowest BCUT2D eigenvalue weighted by atomic mass is 9.99. The van der Waals surface area contributed by atoms with Crippen LogP contribution in [-0.2, 0) is 4.74 Å². The molecule has 1 nitrogen and oxygen atoms in total. The fourth-order valence-corrected chi connectivity index (χ4v) is 2.32. The van der Waals surface area contributed by atoms with Crippen LogP contribution in [0.1, 0.15) is 97.8 Å². The minimum Gasteiger partial charge on any atom is -0.379 e. The Bertz CT molecular complexity index is 163. The highest BCUT2D eigenvalue weighted by Gasteiger charge is 2.14. The molecule has 0 heterocycles. The highest BCUT2D eigenvalue weighted by atomic mass is 16.5. The minimum absolute atomic E-state index is 0.0826. The Labute approximate surface area is 116 Å². The Morgan fingerprint density at radius 3 is 1.44 bits per heavy atom. The molecule has 0 amide bonds. The van der Waals surface area contributed by atoms with Crippen LogP contribution in [0.2, 0.25) is 0 Å². The quantitative estimate of drug-likeness (QED) is 0.361. The highest BCUT2D eigenvalue weighted by molar-refractivity contribution is 4.67. The maximum absolute atomic E-state index is 5.43. The van der Waals surface area contributed by atoms with Gasteiger partial charge in [-0.25, -0.2) is 0 Å². The molecule has 0 radical (unpaired) electrons. The van der Waals surface area contributed by atoms with E-state index in [1.165, 1.54) is 77.0 Å². The molecule has 0 aromatic heterocycles. The topological polar surface area (TPSA) is 9.23 Å². The number of hydrogen-bond acceptors (Lipinski definition) is 1. The number of methoxy groups -OCH3 is 1. The Hall–Kier alpha value is -0.0400. The Balaban J connectivity index is 3.08. The summed E-state index contributed by atoms with van der Waals surface area (Å²) in [7, 11) is 1.82. The summed E-state index contributed by atoms with van der Waals surface area (Å²) in [5, 5.41) is 0. The molecule has 18 heavy (non-hydrogen) atoms. The molecule has 110 valence electrons. The normalized spacial score (nSPS) is 12.0. The van der Waals surface area contributed by atoms with E-state index < -0.39 is 0 Å². The Morgan fingerprint density at radius 2 is 1.06 bits per heavy atom. The molecule has 0 aromatic rings. The summed E-state index contributed by atoms with van der Waals surface area (Å²) in [6.45, 7) is 6.65. The summed E-state index contributed by atoms with van der Waals surface area (Å²) in [4.78, 5) is 0. The molecular formula is C17H36O. The maximum atomic E-state index is 5.43. The first kappa shape index (κ1) is 18.0. The van der Waals surface area contributed by atoms with Crippen molar-refractivity contribution in [3.63, 3.8) is 0 Å². The van der Waals surface area contributed by atoms with Crippen LogP contribution < -0.4 is 0 Å². The van der Waals surface area contributed by atoms with Crippen LogP contribution in [0.25, 0.3) is 0 Å². The SMILES string of the molecule is CCCCCCCCCCCCCC(C)(C)OC. The predicted octanol–water partition coefficient (Wildman–Crippen LogP) is 6.11. The van der Waals surface area contributed by atoms with Crippen molar-refractivity contribution in [3.05, 3.63) is 0 Å². The second kappa shape index (κ2) is 12.0. The maximum Gasteiger partial charge on any atom is 0.0622 e. The first-order chi connectivity index (χ1) is 8.62. The molecule has 1 heteroatoms. The van der Waals surface area contributed by atoms with E-state index in [4.69, 9.17) is 4.74 Å². The molecule has 0 aliphatic rings. The van der Waals surface area contributed by atoms with Gasteiger partial charge >= 0.3 is 0 Å². The molecule has 0 saturated carbocycles. The molecule has 0 fully saturated rings. The molecule has 0 spiro atoms. The van der Waals surface area contributed by atoms with E-state index in [1.54, 1.807) is 0 Å². The molecule has 0 aliphatic heterocycles. The fourth-order valence-electron chi connectivity index (χ4n) is 2.32. The van der Waals surface area contributed by atoms with E-state index in [-0.39, 0.29) is 5.60 Å². The van der Waals surface area contributed by atoms with Crippen molar-refractivity contribution in [2.45, 2.75) is 103 Å². The molecular weight excluding hydrogens is 220 g/mol. The zero-order valence-electron chi connectivity index (χ0n) is 13.4. The summed E-state index contributed by atoms with van der Waals surface area (Å²) < 4.78 is 5.43. The second-order valence-corrected chi connectivity index (χ2v) is 6.25. The van der Waals surface area contributed by atoms with Gasteiger partial charge in [-0.2, -0.15) is 0 Å². The van der Waals surface area contributed by atoms with Crippen LogP contribution in [0.5, 0.6) is 0 Å². The lowest BCUT2D eigenvalue weighted by Gasteiger charge is -2.22. The summed E-state index contributed by atoms with van der Waals surface area (Å²) in [5.74, 6) is 0. The van der Waals surface area contributed by atoms with Crippen LogP contribution in [0, 0.1) is 0 Å². The van der Waals surface area contributed by atoms with Crippen molar-refractivity contribution < 1.29 is 4.74 Å². The van der Waals surface area contributed by atoms with E-state index in [9.17, 15) is 0 Å². The van der Waals surface area contributed by atoms with Gasteiger partial charge in [-0.15, -0.1) is 0 Å². The van der Waals surface area contributed by atoms with E-state index >= 15 is 0 Å². The van der Waals surface area contributed by atoms with Crippen LogP contribution in [-0.4, -0.2) is 12.7 Å². The van der Waals surface area contributed by atoms with E-state index in [0.717, 1.165) is 0 Å². The summed E-state index contributed by atoms with van der Waals surface area (Å²) >= 11 is 0. The third kappa shape index (κ3) is 12.4. The van der Waals surface area contributed by atoms with Gasteiger partial charge in [0.1, 0.15) is 0 Å². The third-order valence-electron chi connectivity index (χ3n) is 3.93. The van der Waals surface area contributed by atoms with Crippen molar-refractivity contribution >= 4 is 0 Å². The molecule has 0 rings (SSSR count). The summed E-state index contributed by atoms with van der Waals surface area (Å²) in [6, 6.07) is 0. The lowest BCUT2D eigenvalue weighted by Crippen LogP contribution is -2.21. The smallest absolute Gasteiger partial charge is 0.0622 e. The van der Waals surface area contributed by atoms with E-state index in [0.29, 0.717) is 0 Å². The zero-order chi connectivity index (χ0) is 13.7. The second-order valence-electron chi connectivity index (χ2n) is 6.25. The summed E-state index contributed by atoms with van der Waals surface area (Å²) in [6.07, 6.45) is 16.8. The van der Waals surface area contributed by atoms with Crippen LogP contribution in [0.15, 0.2) is 0 Å². The van der Waals surface area contributed by atoms with Crippen LogP contribution >= 0.6 is 0 Å². The molecule has 0 unspecified atom stereocenters.